The lowest BCUT2D eigenvalue weighted by molar-refractivity contribution is -0.254. The molecule has 1 amide bonds. The van der Waals surface area contributed by atoms with Gasteiger partial charge in [-0.2, -0.15) is 17.7 Å². The number of aliphatic hydroxyl groups is 1. The van der Waals surface area contributed by atoms with E-state index in [2.05, 4.69) is 17.9 Å². The van der Waals surface area contributed by atoms with Crippen molar-refractivity contribution in [1.82, 2.24) is 10.4 Å². The number of carboxylic acids is 1. The summed E-state index contributed by atoms with van der Waals surface area (Å²) >= 11 is 4.14. The van der Waals surface area contributed by atoms with Gasteiger partial charge in [-0.15, -0.1) is 0 Å². The number of hydrogen-bond acceptors (Lipinski definition) is 7. The molecule has 9 heteroatoms. The third-order valence-electron chi connectivity index (χ3n) is 5.01. The van der Waals surface area contributed by atoms with Crippen LogP contribution in [0.5, 0.6) is 0 Å². The van der Waals surface area contributed by atoms with Gasteiger partial charge in [0.15, 0.2) is 0 Å². The first-order chi connectivity index (χ1) is 14.8. The summed E-state index contributed by atoms with van der Waals surface area (Å²) in [6.45, 7) is 3.48. The summed E-state index contributed by atoms with van der Waals surface area (Å²) in [5.74, 6) is -1.46. The van der Waals surface area contributed by atoms with Crippen LogP contribution in [-0.2, 0) is 20.8 Å². The number of nitrogens with zero attached hydrogens (tertiary/aromatic N) is 1. The van der Waals surface area contributed by atoms with Crippen LogP contribution >= 0.6 is 12.6 Å². The van der Waals surface area contributed by atoms with Gasteiger partial charge in [0.2, 0.25) is 11.6 Å². The second-order valence-corrected chi connectivity index (χ2v) is 8.06. The Hall–Kier alpha value is -1.65. The van der Waals surface area contributed by atoms with Crippen LogP contribution in [0.25, 0.3) is 0 Å². The van der Waals surface area contributed by atoms with Gasteiger partial charge in [0.1, 0.15) is 0 Å². The number of unbranched alkanes of at least 4 members (excludes halogenated alkanes) is 1. The Labute approximate surface area is 190 Å². The van der Waals surface area contributed by atoms with Gasteiger partial charge in [-0.1, -0.05) is 50.1 Å². The SMILES string of the molecule is CCCC[C@H](C)ON(C(=O)CCc1ccccc1)C(CCO)(NC[C@H](N)CS)C(=O)O. The summed E-state index contributed by atoms with van der Waals surface area (Å²) in [6, 6.07) is 9.04. The number of aryl methyl sites for hydroxylation is 1. The standard InChI is InChI=1S/C22H37N3O5S/c1-3-4-8-17(2)30-25(20(27)12-11-18-9-6-5-7-10-18)22(13-14-26,21(28)29)24-15-19(23)16-31/h5-7,9-10,17,19,24,26,31H,3-4,8,11-16,23H2,1-2H3,(H,28,29)/t17-,19-,22?/m0/s1. The fraction of sp³-hybridized carbons (Fsp3) is 0.636. The molecule has 1 aromatic rings. The highest BCUT2D eigenvalue weighted by Crippen LogP contribution is 2.23. The van der Waals surface area contributed by atoms with Gasteiger partial charge >= 0.3 is 5.97 Å². The van der Waals surface area contributed by atoms with E-state index in [1.165, 1.54) is 0 Å². The van der Waals surface area contributed by atoms with E-state index in [0.717, 1.165) is 23.5 Å². The molecule has 0 aliphatic rings. The molecule has 0 aliphatic carbocycles. The van der Waals surface area contributed by atoms with Crippen molar-refractivity contribution < 1.29 is 24.6 Å². The number of carboxylic acid groups (broad SMARTS) is 1. The summed E-state index contributed by atoms with van der Waals surface area (Å²) in [6.07, 6.45) is 2.37. The molecule has 0 saturated heterocycles. The van der Waals surface area contributed by atoms with E-state index < -0.39 is 30.2 Å². The van der Waals surface area contributed by atoms with Crippen molar-refractivity contribution in [3.63, 3.8) is 0 Å². The van der Waals surface area contributed by atoms with Gasteiger partial charge in [-0.25, -0.2) is 4.79 Å². The number of carbonyl (C=O) groups excluding carboxylic acids is 1. The number of amides is 1. The van der Waals surface area contributed by atoms with Gasteiger partial charge in [-0.05, 0) is 25.3 Å². The van der Waals surface area contributed by atoms with Crippen LogP contribution < -0.4 is 11.1 Å². The monoisotopic (exact) mass is 455 g/mol. The predicted molar refractivity (Wildman–Crippen MR) is 124 cm³/mol. The van der Waals surface area contributed by atoms with Gasteiger partial charge in [0, 0.05) is 37.8 Å². The minimum Gasteiger partial charge on any atom is -0.478 e. The zero-order chi connectivity index (χ0) is 23.3. The second kappa shape index (κ2) is 14.4. The maximum atomic E-state index is 13.2. The van der Waals surface area contributed by atoms with Crippen molar-refractivity contribution >= 4 is 24.5 Å². The van der Waals surface area contributed by atoms with Crippen molar-refractivity contribution in [2.75, 3.05) is 18.9 Å². The Kier molecular flexibility index (Phi) is 12.7. The fourth-order valence-electron chi connectivity index (χ4n) is 3.14. The minimum atomic E-state index is -1.94. The van der Waals surface area contributed by atoms with Crippen LogP contribution in [0.1, 0.15) is 51.5 Å². The maximum Gasteiger partial charge on any atom is 0.347 e. The van der Waals surface area contributed by atoms with Gasteiger partial charge in [0.05, 0.1) is 6.10 Å². The number of aliphatic hydroxyl groups excluding tert-OH is 1. The molecule has 1 rings (SSSR count). The first-order valence-electron chi connectivity index (χ1n) is 10.8. The summed E-state index contributed by atoms with van der Waals surface area (Å²) in [7, 11) is 0. The predicted octanol–water partition coefficient (Wildman–Crippen LogP) is 1.97. The van der Waals surface area contributed by atoms with Crippen LogP contribution in [0, 0.1) is 0 Å². The smallest absolute Gasteiger partial charge is 0.347 e. The summed E-state index contributed by atoms with van der Waals surface area (Å²) in [4.78, 5) is 31.6. The number of carbonyl (C=O) groups is 2. The zero-order valence-electron chi connectivity index (χ0n) is 18.5. The molecular weight excluding hydrogens is 418 g/mol. The summed E-state index contributed by atoms with van der Waals surface area (Å²) < 4.78 is 0. The van der Waals surface area contributed by atoms with E-state index >= 15 is 0 Å². The number of benzene rings is 1. The Morgan fingerprint density at radius 1 is 1.32 bits per heavy atom. The number of nitrogens with one attached hydrogen (secondary N) is 1. The average molecular weight is 456 g/mol. The molecule has 0 fully saturated rings. The molecule has 0 heterocycles. The molecule has 0 aliphatic heterocycles. The van der Waals surface area contributed by atoms with Crippen LogP contribution in [0.3, 0.4) is 0 Å². The van der Waals surface area contributed by atoms with Gasteiger partial charge < -0.3 is 15.9 Å². The van der Waals surface area contributed by atoms with E-state index in [9.17, 15) is 19.8 Å². The topological polar surface area (TPSA) is 125 Å². The molecule has 0 aromatic heterocycles. The van der Waals surface area contributed by atoms with E-state index in [-0.39, 0.29) is 25.5 Å². The number of aliphatic carboxylic acids is 1. The van der Waals surface area contributed by atoms with E-state index in [1.54, 1.807) is 6.92 Å². The van der Waals surface area contributed by atoms with Crippen molar-refractivity contribution in [3.8, 4) is 0 Å². The highest BCUT2D eigenvalue weighted by Gasteiger charge is 2.48. The lowest BCUT2D eigenvalue weighted by Gasteiger charge is -2.41. The molecule has 3 atom stereocenters. The van der Waals surface area contributed by atoms with Gasteiger partial charge in [-0.3, -0.25) is 14.9 Å². The van der Waals surface area contributed by atoms with Crippen molar-refractivity contribution in [1.29, 1.82) is 0 Å². The molecule has 176 valence electrons. The van der Waals surface area contributed by atoms with Crippen LogP contribution in [0.2, 0.25) is 0 Å². The zero-order valence-corrected chi connectivity index (χ0v) is 19.4. The van der Waals surface area contributed by atoms with E-state index in [4.69, 9.17) is 10.6 Å². The third-order valence-corrected chi connectivity index (χ3v) is 5.48. The van der Waals surface area contributed by atoms with Crippen LogP contribution in [0.15, 0.2) is 30.3 Å². The first kappa shape index (κ1) is 27.4. The summed E-state index contributed by atoms with van der Waals surface area (Å²) in [5.41, 5.74) is 4.94. The normalized spacial score (nSPS) is 15.1. The Morgan fingerprint density at radius 3 is 2.55 bits per heavy atom. The highest BCUT2D eigenvalue weighted by atomic mass is 32.1. The highest BCUT2D eigenvalue weighted by molar-refractivity contribution is 7.80. The van der Waals surface area contributed by atoms with Crippen molar-refractivity contribution in [3.05, 3.63) is 35.9 Å². The maximum absolute atomic E-state index is 13.2. The number of hydrogen-bond donors (Lipinski definition) is 5. The minimum absolute atomic E-state index is 0.0608. The third kappa shape index (κ3) is 8.78. The molecule has 0 saturated carbocycles. The van der Waals surface area contributed by atoms with Crippen molar-refractivity contribution in [2.24, 2.45) is 5.73 Å². The molecule has 8 nitrogen and oxygen atoms in total. The summed E-state index contributed by atoms with van der Waals surface area (Å²) in [5, 5.41) is 23.6. The molecule has 1 unspecified atom stereocenters. The first-order valence-corrected chi connectivity index (χ1v) is 11.4. The lowest BCUT2D eigenvalue weighted by Crippen LogP contribution is -2.68. The quantitative estimate of drug-likeness (QED) is 0.147. The van der Waals surface area contributed by atoms with Crippen LogP contribution in [0.4, 0.5) is 0 Å². The van der Waals surface area contributed by atoms with E-state index in [1.807, 2.05) is 37.3 Å². The van der Waals surface area contributed by atoms with Crippen LogP contribution in [-0.4, -0.2) is 63.9 Å². The second-order valence-electron chi connectivity index (χ2n) is 7.69. The Bertz CT molecular complexity index is 664. The van der Waals surface area contributed by atoms with Crippen molar-refractivity contribution in [2.45, 2.75) is 70.2 Å². The molecule has 31 heavy (non-hydrogen) atoms. The number of thiol groups is 1. The van der Waals surface area contributed by atoms with E-state index in [0.29, 0.717) is 18.6 Å². The molecular formula is C22H37N3O5S. The Balaban J connectivity index is 3.18. The fourth-order valence-corrected chi connectivity index (χ4v) is 3.27. The molecule has 1 aromatic carbocycles. The molecule has 0 spiro atoms. The van der Waals surface area contributed by atoms with Gasteiger partial charge in [0.25, 0.3) is 0 Å². The molecule has 0 bridgehead atoms. The number of nitrogens with two attached hydrogens (primary N) is 1. The number of hydroxylamine groups is 2. The average Bonchev–Trinajstić information content (AvgIpc) is 2.77. The number of rotatable bonds is 16. The molecule has 0 radical (unpaired) electrons. The Morgan fingerprint density at radius 2 is 2.00 bits per heavy atom. The largest absolute Gasteiger partial charge is 0.478 e. The molecule has 5 N–H and O–H groups in total. The lowest BCUT2D eigenvalue weighted by atomic mass is 10.0.